The number of sulfonamides is 1. The van der Waals surface area contributed by atoms with Gasteiger partial charge in [-0.25, -0.2) is 9.59 Å². The minimum atomic E-state index is -5.80. The fourth-order valence-electron chi connectivity index (χ4n) is 9.17. The molecule has 304 valence electrons. The lowest BCUT2D eigenvalue weighted by Crippen LogP contribution is -2.56. The summed E-state index contributed by atoms with van der Waals surface area (Å²) >= 11 is 13.4. The summed E-state index contributed by atoms with van der Waals surface area (Å²) in [7, 11) is -2.18. The van der Waals surface area contributed by atoms with E-state index in [1.165, 1.54) is 68.1 Å². The number of carboxylic acids is 2. The van der Waals surface area contributed by atoms with Gasteiger partial charge < -0.3 is 24.9 Å². The van der Waals surface area contributed by atoms with Crippen LogP contribution in [0.2, 0.25) is 10.0 Å². The summed E-state index contributed by atoms with van der Waals surface area (Å²) < 4.78 is 65.6. The minimum Gasteiger partial charge on any atom is -0.478 e. The van der Waals surface area contributed by atoms with Gasteiger partial charge in [0.25, 0.3) is 0 Å². The molecule has 2 bridgehead atoms. The summed E-state index contributed by atoms with van der Waals surface area (Å²) in [4.78, 5) is 48.9. The van der Waals surface area contributed by atoms with Gasteiger partial charge in [0.05, 0.1) is 28.7 Å². The third kappa shape index (κ3) is 7.74. The van der Waals surface area contributed by atoms with Crippen molar-refractivity contribution < 1.29 is 46.2 Å². The number of nitrogens with zero attached hydrogens (tertiary/aromatic N) is 4. The standard InChI is InChI=1S/C38H44Cl2F3N5O7S/c1-37(32-26(39)8-6-9-27(32)40)33(35(50)51)29(14-11-22-7-4-5-10-28(22)44-56(54,55)38(41,42)43)46(3)30(34(37)36(52)53)21-31(49)48-17-15-47(16-18-48)25-19-23-12-13-24(20-25)45(23)2/h4-10,23-25,44H,11-21H2,1-3H3,(H,50,51)(H,52,53). The predicted molar refractivity (Wildman–Crippen MR) is 205 cm³/mol. The van der Waals surface area contributed by atoms with Crippen LogP contribution < -0.4 is 4.72 Å². The van der Waals surface area contributed by atoms with E-state index in [0.29, 0.717) is 44.3 Å². The van der Waals surface area contributed by atoms with E-state index >= 15 is 0 Å². The average Bonchev–Trinajstić information content (AvgIpc) is 3.30. The Morgan fingerprint density at radius 2 is 1.39 bits per heavy atom. The molecule has 4 aliphatic heterocycles. The molecule has 6 rings (SSSR count). The number of aliphatic carboxylic acids is 2. The third-order valence-corrected chi connectivity index (χ3v) is 13.8. The fourth-order valence-corrected chi connectivity index (χ4v) is 10.5. The number of carboxylic acid groups (broad SMARTS) is 2. The zero-order valence-electron chi connectivity index (χ0n) is 31.1. The fraction of sp³-hybridized carbons (Fsp3) is 0.500. The van der Waals surface area contributed by atoms with E-state index in [2.05, 4.69) is 16.8 Å². The van der Waals surface area contributed by atoms with E-state index in [1.54, 1.807) is 9.62 Å². The lowest BCUT2D eigenvalue weighted by atomic mass is 9.66. The highest BCUT2D eigenvalue weighted by molar-refractivity contribution is 7.93. The normalized spacial score (nSPS) is 25.2. The van der Waals surface area contributed by atoms with Gasteiger partial charge in [0.2, 0.25) is 5.91 Å². The summed E-state index contributed by atoms with van der Waals surface area (Å²) in [5.41, 5.74) is -8.79. The van der Waals surface area contributed by atoms with Crippen LogP contribution in [0, 0.1) is 0 Å². The van der Waals surface area contributed by atoms with Gasteiger partial charge in [0.1, 0.15) is 0 Å². The molecule has 3 saturated heterocycles. The molecule has 4 heterocycles. The van der Waals surface area contributed by atoms with Gasteiger partial charge in [-0.05, 0) is 76.3 Å². The number of piperidine rings is 1. The first-order chi connectivity index (χ1) is 26.3. The maximum Gasteiger partial charge on any atom is 0.516 e. The number of aryl methyl sites for hydroxylation is 1. The van der Waals surface area contributed by atoms with Crippen LogP contribution in [0.3, 0.4) is 0 Å². The molecule has 3 fully saturated rings. The van der Waals surface area contributed by atoms with Crippen LogP contribution in [0.1, 0.15) is 56.6 Å². The SMILES string of the molecule is CN1C(CCc2ccccc2NS(=O)(=O)C(F)(F)F)=C(C(=O)O)C(C)(c2c(Cl)cccc2Cl)C(C(=O)O)=C1CC(=O)N1CCN(C2CC3CCC(C2)N3C)CC1. The van der Waals surface area contributed by atoms with E-state index < -0.39 is 50.5 Å². The maximum absolute atomic E-state index is 14.2. The zero-order chi connectivity index (χ0) is 40.9. The molecule has 0 aromatic heterocycles. The number of amides is 1. The predicted octanol–water partition coefficient (Wildman–Crippen LogP) is 5.93. The largest absolute Gasteiger partial charge is 0.516 e. The molecule has 12 nitrogen and oxygen atoms in total. The second-order valence-electron chi connectivity index (χ2n) is 15.0. The number of halogens is 5. The zero-order valence-corrected chi connectivity index (χ0v) is 33.4. The molecule has 2 aromatic carbocycles. The van der Waals surface area contributed by atoms with Crippen molar-refractivity contribution in [2.75, 3.05) is 45.0 Å². The number of rotatable bonds is 11. The van der Waals surface area contributed by atoms with Gasteiger partial charge in [-0.15, -0.1) is 0 Å². The molecule has 2 aromatic rings. The summed E-state index contributed by atoms with van der Waals surface area (Å²) in [5, 5.41) is 21.7. The summed E-state index contributed by atoms with van der Waals surface area (Å²) in [6.45, 7) is 3.50. The number of benzene rings is 2. The Hall–Kier alpha value is -3.83. The molecule has 3 unspecified atom stereocenters. The number of alkyl halides is 3. The quantitative estimate of drug-likeness (QED) is 0.249. The Kier molecular flexibility index (Phi) is 11.8. The monoisotopic (exact) mass is 841 g/mol. The first-order valence-corrected chi connectivity index (χ1v) is 20.5. The number of hydrogen-bond acceptors (Lipinski definition) is 8. The first-order valence-electron chi connectivity index (χ1n) is 18.3. The molecule has 0 radical (unpaired) electrons. The van der Waals surface area contributed by atoms with E-state index in [-0.39, 0.29) is 57.0 Å². The van der Waals surface area contributed by atoms with Gasteiger partial charge in [0.15, 0.2) is 0 Å². The Morgan fingerprint density at radius 1 is 0.839 bits per heavy atom. The van der Waals surface area contributed by atoms with E-state index in [0.717, 1.165) is 18.9 Å². The van der Waals surface area contributed by atoms with E-state index in [1.807, 2.05) is 0 Å². The number of allylic oxidation sites excluding steroid dienone is 1. The number of hydrogen-bond donors (Lipinski definition) is 3. The summed E-state index contributed by atoms with van der Waals surface area (Å²) in [6, 6.07) is 11.3. The van der Waals surface area contributed by atoms with Gasteiger partial charge in [0, 0.05) is 78.4 Å². The lowest BCUT2D eigenvalue weighted by molar-refractivity contribution is -0.134. The number of para-hydroxylation sites is 1. The molecule has 3 N–H and O–H groups in total. The molecule has 56 heavy (non-hydrogen) atoms. The van der Waals surface area contributed by atoms with Crippen molar-refractivity contribution in [1.29, 1.82) is 0 Å². The molecule has 4 aliphatic rings. The number of piperazine rings is 1. The molecular weight excluding hydrogens is 798 g/mol. The molecule has 3 atom stereocenters. The molecule has 0 aliphatic carbocycles. The second kappa shape index (κ2) is 15.8. The van der Waals surface area contributed by atoms with Crippen molar-refractivity contribution in [3.63, 3.8) is 0 Å². The Labute approximate surface area is 333 Å². The van der Waals surface area contributed by atoms with Gasteiger partial charge in [-0.2, -0.15) is 21.6 Å². The summed E-state index contributed by atoms with van der Waals surface area (Å²) in [6.07, 6.45) is 3.67. The number of anilines is 1. The molecule has 0 spiro atoms. The van der Waals surface area contributed by atoms with Crippen molar-refractivity contribution in [3.05, 3.63) is 86.2 Å². The van der Waals surface area contributed by atoms with Crippen molar-refractivity contribution in [2.24, 2.45) is 0 Å². The van der Waals surface area contributed by atoms with E-state index in [4.69, 9.17) is 23.2 Å². The van der Waals surface area contributed by atoms with Crippen LogP contribution in [0.5, 0.6) is 0 Å². The molecule has 18 heteroatoms. The van der Waals surface area contributed by atoms with Crippen molar-refractivity contribution in [3.8, 4) is 0 Å². The highest BCUT2D eigenvalue weighted by Gasteiger charge is 2.52. The lowest BCUT2D eigenvalue weighted by Gasteiger charge is -2.46. The van der Waals surface area contributed by atoms with Crippen molar-refractivity contribution in [1.82, 2.24) is 19.6 Å². The smallest absolute Gasteiger partial charge is 0.478 e. The minimum absolute atomic E-state index is 0.0126. The Morgan fingerprint density at radius 3 is 1.95 bits per heavy atom. The van der Waals surface area contributed by atoms with Crippen LogP contribution in [0.15, 0.2) is 65.0 Å². The van der Waals surface area contributed by atoms with Gasteiger partial charge in [-0.1, -0.05) is 47.5 Å². The highest BCUT2D eigenvalue weighted by Crippen LogP contribution is 2.52. The molecule has 0 saturated carbocycles. The van der Waals surface area contributed by atoms with Crippen LogP contribution in [-0.4, -0.2) is 120 Å². The first kappa shape index (κ1) is 41.8. The number of carbonyl (C=O) groups is 3. The van der Waals surface area contributed by atoms with Crippen LogP contribution in [0.25, 0.3) is 0 Å². The molecule has 1 amide bonds. The van der Waals surface area contributed by atoms with Gasteiger partial charge in [-0.3, -0.25) is 14.4 Å². The van der Waals surface area contributed by atoms with E-state index in [9.17, 15) is 46.2 Å². The Bertz CT molecular complexity index is 2060. The number of carbonyl (C=O) groups excluding carboxylic acids is 1. The Balaban J connectivity index is 1.35. The summed E-state index contributed by atoms with van der Waals surface area (Å²) in [5.74, 6) is -3.41. The maximum atomic E-state index is 14.2. The second-order valence-corrected chi connectivity index (χ2v) is 17.5. The third-order valence-electron chi connectivity index (χ3n) is 12.1. The van der Waals surface area contributed by atoms with Crippen LogP contribution >= 0.6 is 23.2 Å². The number of nitrogens with one attached hydrogen (secondary N) is 1. The van der Waals surface area contributed by atoms with Crippen LogP contribution in [0.4, 0.5) is 18.9 Å². The van der Waals surface area contributed by atoms with Crippen molar-refractivity contribution in [2.45, 2.75) is 80.9 Å². The van der Waals surface area contributed by atoms with Gasteiger partial charge >= 0.3 is 27.5 Å². The van der Waals surface area contributed by atoms with Crippen molar-refractivity contribution >= 4 is 56.8 Å². The average molecular weight is 843 g/mol. The topological polar surface area (TPSA) is 151 Å². The van der Waals surface area contributed by atoms with Crippen LogP contribution in [-0.2, 0) is 36.2 Å². The highest BCUT2D eigenvalue weighted by atomic mass is 35.5. The number of fused-ring (bicyclic) bond motifs is 2. The molecular formula is C38H44Cl2F3N5O7S.